The van der Waals surface area contributed by atoms with Crippen LogP contribution in [-0.2, 0) is 20.9 Å². The molecule has 2 aromatic carbocycles. The predicted octanol–water partition coefficient (Wildman–Crippen LogP) is 2.47. The van der Waals surface area contributed by atoms with Crippen molar-refractivity contribution in [1.29, 1.82) is 0 Å². The highest BCUT2D eigenvalue weighted by Crippen LogP contribution is 2.28. The lowest BCUT2D eigenvalue weighted by Gasteiger charge is -2.10. The third-order valence-electron chi connectivity index (χ3n) is 2.93. The fourth-order valence-corrected chi connectivity index (χ4v) is 1.82. The molecule has 0 aromatic heterocycles. The molecule has 2 aromatic rings. The summed E-state index contributed by atoms with van der Waals surface area (Å²) in [5.74, 6) is -1.70. The Morgan fingerprint density at radius 3 is 2.52 bits per heavy atom. The van der Waals surface area contributed by atoms with Crippen LogP contribution in [0.4, 0.5) is 5.69 Å². The second-order valence-electron chi connectivity index (χ2n) is 4.63. The number of anilines is 1. The van der Waals surface area contributed by atoms with Gasteiger partial charge in [-0.3, -0.25) is 4.79 Å². The maximum Gasteiger partial charge on any atom is 0.397 e. The summed E-state index contributed by atoms with van der Waals surface area (Å²) >= 11 is 0. The van der Waals surface area contributed by atoms with Gasteiger partial charge in [-0.1, -0.05) is 30.3 Å². The van der Waals surface area contributed by atoms with Crippen LogP contribution in [0.5, 0.6) is 11.5 Å². The molecule has 0 saturated heterocycles. The summed E-state index contributed by atoms with van der Waals surface area (Å²) in [6.45, 7) is 2.06. The van der Waals surface area contributed by atoms with Gasteiger partial charge in [-0.05, 0) is 24.6 Å². The first-order valence-corrected chi connectivity index (χ1v) is 7.08. The number of hydrogen-bond acceptors (Lipinski definition) is 5. The van der Waals surface area contributed by atoms with E-state index in [0.717, 1.165) is 5.56 Å². The Bertz CT molecular complexity index is 685. The lowest BCUT2D eigenvalue weighted by atomic mass is 10.2. The molecule has 0 bridgehead atoms. The van der Waals surface area contributed by atoms with Gasteiger partial charge in [0, 0.05) is 6.07 Å². The zero-order valence-corrected chi connectivity index (χ0v) is 12.6. The number of aromatic hydroxyl groups is 1. The van der Waals surface area contributed by atoms with Crippen molar-refractivity contribution in [1.82, 2.24) is 0 Å². The number of esters is 1. The molecule has 6 heteroatoms. The average Bonchev–Trinajstić information content (AvgIpc) is 2.56. The molecular weight excluding hydrogens is 298 g/mol. The van der Waals surface area contributed by atoms with Crippen molar-refractivity contribution in [2.75, 3.05) is 11.9 Å². The van der Waals surface area contributed by atoms with Gasteiger partial charge < -0.3 is 19.9 Å². The highest BCUT2D eigenvalue weighted by atomic mass is 16.5. The van der Waals surface area contributed by atoms with E-state index in [-0.39, 0.29) is 18.0 Å². The summed E-state index contributed by atoms with van der Waals surface area (Å²) in [6, 6.07) is 14.0. The monoisotopic (exact) mass is 315 g/mol. The van der Waals surface area contributed by atoms with Crippen LogP contribution in [0.2, 0.25) is 0 Å². The standard InChI is InChI=1S/C17H17NO5/c1-2-22-17(21)16(20)18-14-9-8-13(10-15(14)19)23-11-12-6-4-3-5-7-12/h3-10,19H,2,11H2,1H3,(H,18,20). The van der Waals surface area contributed by atoms with Gasteiger partial charge in [0.25, 0.3) is 0 Å². The molecule has 1 amide bonds. The minimum Gasteiger partial charge on any atom is -0.506 e. The van der Waals surface area contributed by atoms with E-state index >= 15 is 0 Å². The summed E-state index contributed by atoms with van der Waals surface area (Å²) in [5, 5.41) is 12.2. The summed E-state index contributed by atoms with van der Waals surface area (Å²) in [7, 11) is 0. The molecule has 0 aliphatic carbocycles. The van der Waals surface area contributed by atoms with E-state index in [1.165, 1.54) is 12.1 Å². The van der Waals surface area contributed by atoms with E-state index in [4.69, 9.17) is 4.74 Å². The first kappa shape index (κ1) is 16.4. The third kappa shape index (κ3) is 4.74. The van der Waals surface area contributed by atoms with Crippen molar-refractivity contribution in [3.05, 3.63) is 54.1 Å². The normalized spacial score (nSPS) is 9.96. The number of phenolic OH excluding ortho intramolecular Hbond substituents is 1. The van der Waals surface area contributed by atoms with E-state index in [1.54, 1.807) is 13.0 Å². The van der Waals surface area contributed by atoms with Gasteiger partial charge in [0.05, 0.1) is 12.3 Å². The fourth-order valence-electron chi connectivity index (χ4n) is 1.82. The van der Waals surface area contributed by atoms with E-state index in [9.17, 15) is 14.7 Å². The van der Waals surface area contributed by atoms with Gasteiger partial charge in [0.15, 0.2) is 0 Å². The minimum absolute atomic E-state index is 0.102. The highest BCUT2D eigenvalue weighted by Gasteiger charge is 2.16. The van der Waals surface area contributed by atoms with Gasteiger partial charge in [-0.25, -0.2) is 4.79 Å². The highest BCUT2D eigenvalue weighted by molar-refractivity contribution is 6.37. The summed E-state index contributed by atoms with van der Waals surface area (Å²) in [4.78, 5) is 22.8. The van der Waals surface area contributed by atoms with Crippen molar-refractivity contribution in [3.63, 3.8) is 0 Å². The van der Waals surface area contributed by atoms with E-state index in [0.29, 0.717) is 12.4 Å². The molecule has 0 unspecified atom stereocenters. The topological polar surface area (TPSA) is 84.9 Å². The first-order chi connectivity index (χ1) is 11.1. The molecule has 0 atom stereocenters. The second-order valence-corrected chi connectivity index (χ2v) is 4.63. The SMILES string of the molecule is CCOC(=O)C(=O)Nc1ccc(OCc2ccccc2)cc1O. The van der Waals surface area contributed by atoms with Crippen LogP contribution in [0, 0.1) is 0 Å². The lowest BCUT2D eigenvalue weighted by molar-refractivity contribution is -0.152. The van der Waals surface area contributed by atoms with Crippen molar-refractivity contribution in [2.45, 2.75) is 13.5 Å². The second kappa shape index (κ2) is 7.84. The van der Waals surface area contributed by atoms with Gasteiger partial charge in [-0.2, -0.15) is 0 Å². The number of carbonyl (C=O) groups is 2. The molecule has 0 spiro atoms. The molecule has 120 valence electrons. The molecule has 23 heavy (non-hydrogen) atoms. The summed E-state index contributed by atoms with van der Waals surface area (Å²) in [6.07, 6.45) is 0. The zero-order chi connectivity index (χ0) is 16.7. The quantitative estimate of drug-likeness (QED) is 0.503. The number of nitrogens with one attached hydrogen (secondary N) is 1. The maximum atomic E-state index is 11.5. The van der Waals surface area contributed by atoms with Gasteiger partial charge in [-0.15, -0.1) is 0 Å². The Morgan fingerprint density at radius 2 is 1.87 bits per heavy atom. The predicted molar refractivity (Wildman–Crippen MR) is 84.1 cm³/mol. The number of benzene rings is 2. The van der Waals surface area contributed by atoms with Crippen LogP contribution >= 0.6 is 0 Å². The van der Waals surface area contributed by atoms with Crippen LogP contribution in [0.1, 0.15) is 12.5 Å². The van der Waals surface area contributed by atoms with Gasteiger partial charge in [0.2, 0.25) is 0 Å². The molecule has 0 aliphatic heterocycles. The molecule has 6 nitrogen and oxygen atoms in total. The number of amides is 1. The molecule has 0 fully saturated rings. The maximum absolute atomic E-state index is 11.5. The molecule has 0 saturated carbocycles. The Kier molecular flexibility index (Phi) is 5.57. The number of hydrogen-bond donors (Lipinski definition) is 2. The smallest absolute Gasteiger partial charge is 0.397 e. The van der Waals surface area contributed by atoms with Gasteiger partial charge >= 0.3 is 11.9 Å². The minimum atomic E-state index is -1.00. The average molecular weight is 315 g/mol. The van der Waals surface area contributed by atoms with E-state index in [2.05, 4.69) is 10.1 Å². The Hall–Kier alpha value is -3.02. The van der Waals surface area contributed by atoms with Crippen LogP contribution in [0.3, 0.4) is 0 Å². The van der Waals surface area contributed by atoms with Crippen molar-refractivity contribution < 1.29 is 24.2 Å². The van der Waals surface area contributed by atoms with Crippen LogP contribution in [0.25, 0.3) is 0 Å². The molecule has 0 radical (unpaired) electrons. The fraction of sp³-hybridized carbons (Fsp3) is 0.176. The van der Waals surface area contributed by atoms with Gasteiger partial charge in [0.1, 0.15) is 18.1 Å². The Balaban J connectivity index is 1.97. The Morgan fingerprint density at radius 1 is 1.13 bits per heavy atom. The summed E-state index contributed by atoms with van der Waals surface area (Å²) in [5.41, 5.74) is 1.10. The number of phenols is 1. The largest absolute Gasteiger partial charge is 0.506 e. The van der Waals surface area contributed by atoms with Crippen LogP contribution in [-0.4, -0.2) is 23.6 Å². The first-order valence-electron chi connectivity index (χ1n) is 7.08. The molecule has 2 rings (SSSR count). The molecular formula is C17H17NO5. The zero-order valence-electron chi connectivity index (χ0n) is 12.6. The molecule has 0 heterocycles. The van der Waals surface area contributed by atoms with Crippen LogP contribution < -0.4 is 10.1 Å². The number of rotatable bonds is 5. The lowest BCUT2D eigenvalue weighted by Crippen LogP contribution is -2.25. The Labute approximate surface area is 133 Å². The van der Waals surface area contributed by atoms with Crippen molar-refractivity contribution >= 4 is 17.6 Å². The van der Waals surface area contributed by atoms with E-state index in [1.807, 2.05) is 30.3 Å². The molecule has 0 aliphatic rings. The van der Waals surface area contributed by atoms with Crippen molar-refractivity contribution in [2.24, 2.45) is 0 Å². The molecule has 2 N–H and O–H groups in total. The number of carbonyl (C=O) groups excluding carboxylic acids is 2. The number of ether oxygens (including phenoxy) is 2. The third-order valence-corrected chi connectivity index (χ3v) is 2.93. The summed E-state index contributed by atoms with van der Waals surface area (Å²) < 4.78 is 10.1. The van der Waals surface area contributed by atoms with E-state index < -0.39 is 11.9 Å². The van der Waals surface area contributed by atoms with Crippen molar-refractivity contribution in [3.8, 4) is 11.5 Å². The van der Waals surface area contributed by atoms with Crippen LogP contribution in [0.15, 0.2) is 48.5 Å².